The van der Waals surface area contributed by atoms with Gasteiger partial charge in [-0.15, -0.1) is 0 Å². The summed E-state index contributed by atoms with van der Waals surface area (Å²) >= 11 is 6.17. The highest BCUT2D eigenvalue weighted by atomic mass is 35.5. The van der Waals surface area contributed by atoms with Gasteiger partial charge in [0, 0.05) is 32.7 Å². The molecule has 0 atom stereocenters. The third-order valence-corrected chi connectivity index (χ3v) is 5.49. The molecule has 0 N–H and O–H groups in total. The van der Waals surface area contributed by atoms with Gasteiger partial charge in [0.2, 0.25) is 0 Å². The highest BCUT2D eigenvalue weighted by Gasteiger charge is 2.35. The van der Waals surface area contributed by atoms with Crippen molar-refractivity contribution in [2.24, 2.45) is 0 Å². The van der Waals surface area contributed by atoms with Crippen LogP contribution in [-0.2, 0) is 0 Å². The molecule has 1 heterocycles. The van der Waals surface area contributed by atoms with E-state index in [4.69, 9.17) is 11.6 Å². The van der Waals surface area contributed by atoms with Crippen molar-refractivity contribution in [3.8, 4) is 0 Å². The molecule has 2 amide bonds. The second-order valence-electron chi connectivity index (χ2n) is 7.01. The van der Waals surface area contributed by atoms with Crippen LogP contribution < -0.4 is 4.90 Å². The second kappa shape index (κ2) is 6.94. The second-order valence-corrected chi connectivity index (χ2v) is 7.45. The van der Waals surface area contributed by atoms with E-state index in [1.54, 1.807) is 60.7 Å². The molecule has 0 aliphatic carbocycles. The molecular weight excluding hydrogens is 398 g/mol. The normalized spacial score (nSPS) is 13.0. The average molecular weight is 412 g/mol. The zero-order valence-corrected chi connectivity index (χ0v) is 16.4. The Bertz CT molecular complexity index is 1310. The minimum Gasteiger partial charge on any atom is -0.289 e. The lowest BCUT2D eigenvalue weighted by molar-refractivity contribution is 0.0893. The maximum absolute atomic E-state index is 13.4. The van der Waals surface area contributed by atoms with Crippen LogP contribution in [0.3, 0.4) is 0 Å². The lowest BCUT2D eigenvalue weighted by Crippen LogP contribution is -2.41. The van der Waals surface area contributed by atoms with Crippen molar-refractivity contribution in [2.75, 3.05) is 4.90 Å². The van der Waals surface area contributed by atoms with Crippen LogP contribution in [0.5, 0.6) is 0 Å². The van der Waals surface area contributed by atoms with Gasteiger partial charge in [0.15, 0.2) is 5.78 Å². The summed E-state index contributed by atoms with van der Waals surface area (Å²) in [4.78, 5) is 41.0. The van der Waals surface area contributed by atoms with Crippen LogP contribution in [0.2, 0.25) is 5.02 Å². The number of hydrogen-bond acceptors (Lipinski definition) is 3. The van der Waals surface area contributed by atoms with Gasteiger partial charge in [-0.25, -0.2) is 4.90 Å². The summed E-state index contributed by atoms with van der Waals surface area (Å²) < 4.78 is 0. The number of carbonyl (C=O) groups is 3. The summed E-state index contributed by atoms with van der Waals surface area (Å²) in [6, 6.07) is 24.0. The highest BCUT2D eigenvalue weighted by molar-refractivity contribution is 6.37. The van der Waals surface area contributed by atoms with Gasteiger partial charge in [-0.1, -0.05) is 66.2 Å². The first-order valence-electron chi connectivity index (χ1n) is 9.36. The maximum atomic E-state index is 13.4. The molecule has 0 bridgehead atoms. The molecule has 0 fully saturated rings. The fraction of sp³-hybridized carbons (Fsp3) is 0. The van der Waals surface area contributed by atoms with E-state index in [9.17, 15) is 14.4 Å². The fourth-order valence-electron chi connectivity index (χ4n) is 3.88. The molecule has 0 unspecified atom stereocenters. The summed E-state index contributed by atoms with van der Waals surface area (Å²) in [5.74, 6) is -1.24. The van der Waals surface area contributed by atoms with Crippen molar-refractivity contribution in [3.63, 3.8) is 0 Å². The molecule has 0 spiro atoms. The largest absolute Gasteiger partial charge is 0.289 e. The Morgan fingerprint density at radius 3 is 2.00 bits per heavy atom. The zero-order valence-electron chi connectivity index (χ0n) is 15.6. The van der Waals surface area contributed by atoms with Crippen molar-refractivity contribution >= 4 is 45.7 Å². The minimum absolute atomic E-state index is 0.196. The molecule has 0 saturated carbocycles. The predicted molar refractivity (Wildman–Crippen MR) is 116 cm³/mol. The smallest absolute Gasteiger partial charge is 0.266 e. The van der Waals surface area contributed by atoms with Crippen LogP contribution in [0.15, 0.2) is 84.9 Å². The van der Waals surface area contributed by atoms with E-state index in [2.05, 4.69) is 0 Å². The Hall–Kier alpha value is -3.76. The van der Waals surface area contributed by atoms with Crippen LogP contribution in [0.1, 0.15) is 36.6 Å². The lowest BCUT2D eigenvalue weighted by Gasteiger charge is -2.28. The van der Waals surface area contributed by atoms with Crippen LogP contribution in [0.4, 0.5) is 5.69 Å². The van der Waals surface area contributed by atoms with E-state index in [-0.39, 0.29) is 17.0 Å². The number of imide groups is 1. The van der Waals surface area contributed by atoms with Crippen molar-refractivity contribution < 1.29 is 14.4 Å². The quantitative estimate of drug-likeness (QED) is 0.329. The summed E-state index contributed by atoms with van der Waals surface area (Å²) in [7, 11) is 0. The van der Waals surface area contributed by atoms with E-state index >= 15 is 0 Å². The van der Waals surface area contributed by atoms with E-state index in [1.807, 2.05) is 18.2 Å². The number of carbonyl (C=O) groups excluding carboxylic acids is 3. The monoisotopic (exact) mass is 411 g/mol. The Kier molecular flexibility index (Phi) is 4.23. The molecule has 4 aromatic rings. The third kappa shape index (κ3) is 2.73. The summed E-state index contributed by atoms with van der Waals surface area (Å²) in [5, 5.41) is 1.80. The first-order chi connectivity index (χ1) is 14.6. The van der Waals surface area contributed by atoms with Crippen molar-refractivity contribution in [3.05, 3.63) is 112 Å². The molecule has 144 valence electrons. The minimum atomic E-state index is -0.464. The van der Waals surface area contributed by atoms with Gasteiger partial charge in [-0.05, 0) is 35.7 Å². The molecular formula is C25H14ClNO3. The molecule has 0 aromatic heterocycles. The SMILES string of the molecule is O=C(c1ccccc1)c1cc(Cl)ccc1N1C(=O)c2cccc3cccc(c23)C1=O. The van der Waals surface area contributed by atoms with Crippen LogP contribution in [0.25, 0.3) is 10.8 Å². The van der Waals surface area contributed by atoms with Gasteiger partial charge in [0.05, 0.1) is 5.69 Å². The van der Waals surface area contributed by atoms with Crippen LogP contribution in [0, 0.1) is 0 Å². The summed E-state index contributed by atoms with van der Waals surface area (Å²) in [6.07, 6.45) is 0. The number of ketones is 1. The van der Waals surface area contributed by atoms with E-state index in [0.717, 1.165) is 10.3 Å². The zero-order chi connectivity index (χ0) is 20.8. The Morgan fingerprint density at radius 1 is 0.733 bits per heavy atom. The number of rotatable bonds is 3. The fourth-order valence-corrected chi connectivity index (χ4v) is 4.05. The first-order valence-corrected chi connectivity index (χ1v) is 9.74. The molecule has 5 heteroatoms. The Morgan fingerprint density at radius 2 is 1.37 bits per heavy atom. The number of benzene rings is 4. The van der Waals surface area contributed by atoms with Crippen LogP contribution in [-0.4, -0.2) is 17.6 Å². The molecule has 4 aromatic carbocycles. The number of nitrogens with zero attached hydrogens (tertiary/aromatic N) is 1. The average Bonchev–Trinajstić information content (AvgIpc) is 2.78. The van der Waals surface area contributed by atoms with Gasteiger partial charge in [-0.2, -0.15) is 0 Å². The molecule has 1 aliphatic rings. The van der Waals surface area contributed by atoms with E-state index < -0.39 is 11.8 Å². The van der Waals surface area contributed by atoms with Gasteiger partial charge < -0.3 is 0 Å². The number of hydrogen-bond donors (Lipinski definition) is 0. The van der Waals surface area contributed by atoms with E-state index in [0.29, 0.717) is 27.1 Å². The predicted octanol–water partition coefficient (Wildman–Crippen LogP) is 5.52. The van der Waals surface area contributed by atoms with Crippen molar-refractivity contribution in [1.82, 2.24) is 0 Å². The summed E-state index contributed by atoms with van der Waals surface area (Å²) in [5.41, 5.74) is 1.71. The third-order valence-electron chi connectivity index (χ3n) is 5.25. The number of halogens is 1. The van der Waals surface area contributed by atoms with E-state index in [1.165, 1.54) is 6.07 Å². The molecule has 0 radical (unpaired) electrons. The molecule has 0 saturated heterocycles. The summed E-state index contributed by atoms with van der Waals surface area (Å²) in [6.45, 7) is 0. The Labute approximate surface area is 177 Å². The molecule has 30 heavy (non-hydrogen) atoms. The Balaban J connectivity index is 1.71. The standard InChI is InChI=1S/C25H14ClNO3/c26-17-12-13-21(20(14-17)23(28)16-6-2-1-3-7-16)27-24(29)18-10-4-8-15-9-5-11-19(22(15)18)25(27)30/h1-14H. The van der Waals surface area contributed by atoms with Crippen molar-refractivity contribution in [2.45, 2.75) is 0 Å². The van der Waals surface area contributed by atoms with Gasteiger partial charge in [0.25, 0.3) is 11.8 Å². The lowest BCUT2D eigenvalue weighted by atomic mass is 9.92. The maximum Gasteiger partial charge on any atom is 0.266 e. The molecule has 4 nitrogen and oxygen atoms in total. The first kappa shape index (κ1) is 18.3. The number of anilines is 1. The van der Waals surface area contributed by atoms with Crippen LogP contribution >= 0.6 is 11.6 Å². The molecule has 1 aliphatic heterocycles. The number of amides is 2. The molecule has 5 rings (SSSR count). The van der Waals surface area contributed by atoms with Gasteiger partial charge >= 0.3 is 0 Å². The van der Waals surface area contributed by atoms with Gasteiger partial charge in [-0.3, -0.25) is 14.4 Å². The van der Waals surface area contributed by atoms with Crippen molar-refractivity contribution in [1.29, 1.82) is 0 Å². The van der Waals surface area contributed by atoms with Gasteiger partial charge in [0.1, 0.15) is 0 Å². The highest BCUT2D eigenvalue weighted by Crippen LogP contribution is 2.35. The topological polar surface area (TPSA) is 54.5 Å².